The van der Waals surface area contributed by atoms with Crippen molar-refractivity contribution in [3.63, 3.8) is 0 Å². The smallest absolute Gasteiger partial charge is 0.163 e. The van der Waals surface area contributed by atoms with Crippen LogP contribution >= 0.6 is 0 Å². The molecule has 2 aromatic carbocycles. The third-order valence-corrected chi connectivity index (χ3v) is 7.75. The van der Waals surface area contributed by atoms with Gasteiger partial charge in [0, 0.05) is 60.6 Å². The lowest BCUT2D eigenvalue weighted by Gasteiger charge is -2.56. The minimum absolute atomic E-state index is 0.551. The summed E-state index contributed by atoms with van der Waals surface area (Å²) in [6.45, 7) is 4.93. The van der Waals surface area contributed by atoms with E-state index >= 15 is 0 Å². The van der Waals surface area contributed by atoms with Gasteiger partial charge in [0.2, 0.25) is 0 Å². The van der Waals surface area contributed by atoms with Crippen LogP contribution in [0.25, 0.3) is 22.3 Å². The standard InChI is InChI=1S/C30H30N8O/c1-19-13-27(36-35-19)33-30-25-5-3-4-6-26(25)32-29(34-30)21-9-12-28(31-15-21)37-17-22-14-23(18-37)38(22)16-20-7-10-24(39-2)11-8-20/h3-13,15,22-23H,14,16-18H2,1-2H3,(H2,32,33,34,35,36). The molecule has 2 N–H and O–H groups in total. The highest BCUT2D eigenvalue weighted by atomic mass is 16.5. The maximum atomic E-state index is 5.30. The Balaban J connectivity index is 1.07. The molecule has 3 aliphatic heterocycles. The molecule has 3 fully saturated rings. The molecule has 9 nitrogen and oxygen atoms in total. The zero-order valence-electron chi connectivity index (χ0n) is 22.0. The number of aryl methyl sites for hydroxylation is 1. The predicted octanol–water partition coefficient (Wildman–Crippen LogP) is 4.94. The molecule has 6 heterocycles. The molecule has 3 aromatic heterocycles. The third-order valence-electron chi connectivity index (χ3n) is 7.75. The minimum Gasteiger partial charge on any atom is -0.497 e. The van der Waals surface area contributed by atoms with Gasteiger partial charge in [0.25, 0.3) is 0 Å². The van der Waals surface area contributed by atoms with Crippen LogP contribution in [0, 0.1) is 6.92 Å². The van der Waals surface area contributed by atoms with E-state index in [1.165, 1.54) is 12.0 Å². The van der Waals surface area contributed by atoms with E-state index in [9.17, 15) is 0 Å². The molecule has 2 atom stereocenters. The van der Waals surface area contributed by atoms with E-state index in [4.69, 9.17) is 19.7 Å². The highest BCUT2D eigenvalue weighted by molar-refractivity contribution is 5.92. The molecular weight excluding hydrogens is 488 g/mol. The number of piperidine rings is 1. The van der Waals surface area contributed by atoms with Gasteiger partial charge in [0.15, 0.2) is 11.6 Å². The van der Waals surface area contributed by atoms with Gasteiger partial charge in [-0.05, 0) is 55.3 Å². The first-order chi connectivity index (χ1) is 19.1. The lowest BCUT2D eigenvalue weighted by Crippen LogP contribution is -2.68. The number of nitrogens with zero attached hydrogens (tertiary/aromatic N) is 6. The van der Waals surface area contributed by atoms with Crippen molar-refractivity contribution in [1.82, 2.24) is 30.0 Å². The summed E-state index contributed by atoms with van der Waals surface area (Å²) in [5.41, 5.74) is 4.06. The summed E-state index contributed by atoms with van der Waals surface area (Å²) >= 11 is 0. The fourth-order valence-corrected chi connectivity index (χ4v) is 5.68. The van der Waals surface area contributed by atoms with Crippen LogP contribution in [-0.4, -0.2) is 62.3 Å². The lowest BCUT2D eigenvalue weighted by molar-refractivity contribution is -0.00868. The van der Waals surface area contributed by atoms with Crippen molar-refractivity contribution in [2.45, 2.75) is 32.0 Å². The average Bonchev–Trinajstić information content (AvgIpc) is 3.40. The Morgan fingerprint density at radius 3 is 2.54 bits per heavy atom. The van der Waals surface area contributed by atoms with Crippen molar-refractivity contribution in [3.05, 3.63) is 84.2 Å². The monoisotopic (exact) mass is 518 g/mol. The van der Waals surface area contributed by atoms with Crippen LogP contribution < -0.4 is 15.0 Å². The molecule has 3 aliphatic rings. The fourth-order valence-electron chi connectivity index (χ4n) is 5.68. The van der Waals surface area contributed by atoms with E-state index in [1.54, 1.807) is 7.11 Å². The van der Waals surface area contributed by atoms with Gasteiger partial charge in [-0.15, -0.1) is 0 Å². The summed E-state index contributed by atoms with van der Waals surface area (Å²) in [6.07, 6.45) is 3.14. The van der Waals surface area contributed by atoms with Crippen molar-refractivity contribution in [2.24, 2.45) is 0 Å². The molecule has 0 saturated carbocycles. The summed E-state index contributed by atoms with van der Waals surface area (Å²) in [5.74, 6) is 3.98. The number of anilines is 3. The molecule has 3 saturated heterocycles. The van der Waals surface area contributed by atoms with Crippen LogP contribution in [0.3, 0.4) is 0 Å². The number of ether oxygens (including phenoxy) is 1. The van der Waals surface area contributed by atoms with Gasteiger partial charge in [-0.3, -0.25) is 10.00 Å². The van der Waals surface area contributed by atoms with E-state index in [1.807, 2.05) is 55.6 Å². The van der Waals surface area contributed by atoms with Crippen molar-refractivity contribution in [3.8, 4) is 17.1 Å². The van der Waals surface area contributed by atoms with Gasteiger partial charge in [-0.1, -0.05) is 24.3 Å². The Kier molecular flexibility index (Phi) is 5.85. The van der Waals surface area contributed by atoms with E-state index < -0.39 is 0 Å². The quantitative estimate of drug-likeness (QED) is 0.313. The predicted molar refractivity (Wildman–Crippen MR) is 152 cm³/mol. The van der Waals surface area contributed by atoms with Gasteiger partial charge in [-0.25, -0.2) is 15.0 Å². The Morgan fingerprint density at radius 1 is 1.00 bits per heavy atom. The third kappa shape index (κ3) is 4.55. The molecule has 39 heavy (non-hydrogen) atoms. The summed E-state index contributed by atoms with van der Waals surface area (Å²) in [6, 6.07) is 23.6. The van der Waals surface area contributed by atoms with Crippen LogP contribution in [-0.2, 0) is 6.54 Å². The van der Waals surface area contributed by atoms with Crippen molar-refractivity contribution >= 4 is 28.4 Å². The van der Waals surface area contributed by atoms with Crippen molar-refractivity contribution in [1.29, 1.82) is 0 Å². The second-order valence-corrected chi connectivity index (χ2v) is 10.3. The SMILES string of the molecule is COc1ccc(CN2C3CC2CN(c2ccc(-c4nc(Nc5cc(C)[nH]n5)c5ccccc5n4)cn2)C3)cc1. The molecule has 0 spiro atoms. The second kappa shape index (κ2) is 9.67. The molecule has 9 heteroatoms. The molecule has 196 valence electrons. The molecular formula is C30H30N8O. The summed E-state index contributed by atoms with van der Waals surface area (Å²) in [5, 5.41) is 11.6. The van der Waals surface area contributed by atoms with E-state index in [-0.39, 0.29) is 0 Å². The lowest BCUT2D eigenvalue weighted by atomic mass is 9.86. The van der Waals surface area contributed by atoms with Crippen molar-refractivity contribution < 1.29 is 4.74 Å². The molecule has 0 radical (unpaired) electrons. The molecule has 2 bridgehead atoms. The van der Waals surface area contributed by atoms with Crippen LogP contribution in [0.15, 0.2) is 72.9 Å². The zero-order chi connectivity index (χ0) is 26.3. The van der Waals surface area contributed by atoms with E-state index in [0.29, 0.717) is 17.9 Å². The Bertz CT molecular complexity index is 1600. The number of H-pyrrole nitrogens is 1. The number of hydrogen-bond donors (Lipinski definition) is 2. The molecule has 0 aliphatic carbocycles. The summed E-state index contributed by atoms with van der Waals surface area (Å²) < 4.78 is 5.30. The number of aromatic nitrogens is 5. The second-order valence-electron chi connectivity index (χ2n) is 10.3. The number of piperazine rings is 1. The Labute approximate surface area is 226 Å². The zero-order valence-corrected chi connectivity index (χ0v) is 22.0. The highest BCUT2D eigenvalue weighted by Gasteiger charge is 2.44. The van der Waals surface area contributed by atoms with Crippen molar-refractivity contribution in [2.75, 3.05) is 30.4 Å². The Morgan fingerprint density at radius 2 is 1.82 bits per heavy atom. The first-order valence-corrected chi connectivity index (χ1v) is 13.3. The number of rotatable bonds is 7. The number of pyridine rings is 1. The summed E-state index contributed by atoms with van der Waals surface area (Å²) in [4.78, 5) is 19.5. The molecule has 0 amide bonds. The summed E-state index contributed by atoms with van der Waals surface area (Å²) in [7, 11) is 1.71. The maximum absolute atomic E-state index is 5.30. The molecule has 2 unspecified atom stereocenters. The first-order valence-electron chi connectivity index (χ1n) is 13.3. The number of nitrogens with one attached hydrogen (secondary N) is 2. The van der Waals surface area contributed by atoms with E-state index in [0.717, 1.165) is 65.0 Å². The number of para-hydroxylation sites is 1. The fraction of sp³-hybridized carbons (Fsp3) is 0.267. The highest BCUT2D eigenvalue weighted by Crippen LogP contribution is 2.36. The average molecular weight is 519 g/mol. The van der Waals surface area contributed by atoms with Crippen LogP contribution in [0.1, 0.15) is 17.7 Å². The topological polar surface area (TPSA) is 95.1 Å². The maximum Gasteiger partial charge on any atom is 0.163 e. The van der Waals surface area contributed by atoms with Gasteiger partial charge in [0.1, 0.15) is 17.4 Å². The van der Waals surface area contributed by atoms with Gasteiger partial charge >= 0.3 is 0 Å². The minimum atomic E-state index is 0.551. The van der Waals surface area contributed by atoms with Gasteiger partial charge in [-0.2, -0.15) is 5.10 Å². The van der Waals surface area contributed by atoms with Crippen LogP contribution in [0.5, 0.6) is 5.75 Å². The largest absolute Gasteiger partial charge is 0.497 e. The number of methoxy groups -OCH3 is 1. The normalized spacial score (nSPS) is 18.7. The van der Waals surface area contributed by atoms with Gasteiger partial charge < -0.3 is 15.0 Å². The first kappa shape index (κ1) is 23.6. The number of aromatic amines is 1. The number of fused-ring (bicyclic) bond motifs is 3. The number of benzene rings is 2. The Hall–Kier alpha value is -4.50. The van der Waals surface area contributed by atoms with Crippen LogP contribution in [0.4, 0.5) is 17.5 Å². The van der Waals surface area contributed by atoms with Gasteiger partial charge in [0.05, 0.1) is 12.6 Å². The van der Waals surface area contributed by atoms with E-state index in [2.05, 4.69) is 49.6 Å². The molecule has 5 aromatic rings. The number of hydrogen-bond acceptors (Lipinski definition) is 8. The molecule has 8 rings (SSSR count). The van der Waals surface area contributed by atoms with Crippen LogP contribution in [0.2, 0.25) is 0 Å².